The van der Waals surface area contributed by atoms with Gasteiger partial charge in [0, 0.05) is 15.5 Å². The van der Waals surface area contributed by atoms with Gasteiger partial charge < -0.3 is 0 Å². The van der Waals surface area contributed by atoms with Crippen LogP contribution in [0.3, 0.4) is 0 Å². The highest BCUT2D eigenvalue weighted by Gasteiger charge is 2.44. The van der Waals surface area contributed by atoms with Gasteiger partial charge in [-0.2, -0.15) is 10.3 Å². The van der Waals surface area contributed by atoms with E-state index in [0.717, 1.165) is 47.9 Å². The molecule has 0 saturated heterocycles. The zero-order valence-electron chi connectivity index (χ0n) is 13.1. The van der Waals surface area contributed by atoms with Gasteiger partial charge in [0.05, 0.1) is 5.71 Å². The van der Waals surface area contributed by atoms with Crippen molar-refractivity contribution in [1.82, 2.24) is 0 Å². The van der Waals surface area contributed by atoms with Gasteiger partial charge in [-0.3, -0.25) is 0 Å². The van der Waals surface area contributed by atoms with Crippen LogP contribution in [-0.2, 0) is 6.42 Å². The van der Waals surface area contributed by atoms with Crippen molar-refractivity contribution >= 4 is 21.6 Å². The topological polar surface area (TPSA) is 36.1 Å². The first-order valence-corrected chi connectivity index (χ1v) is 8.66. The van der Waals surface area contributed by atoms with Gasteiger partial charge >= 0.3 is 0 Å². The molecule has 2 nitrogen and oxygen atoms in total. The molecule has 0 atom stereocenters. The maximum atomic E-state index is 9.21. The smallest absolute Gasteiger partial charge is 0.177 e. The van der Waals surface area contributed by atoms with Crippen molar-refractivity contribution in [1.29, 1.82) is 5.26 Å². The molecule has 0 saturated carbocycles. The number of benzene rings is 1. The quantitative estimate of drug-likeness (QED) is 0.636. The van der Waals surface area contributed by atoms with Gasteiger partial charge in [-0.1, -0.05) is 47.3 Å². The Morgan fingerprint density at radius 3 is 2.39 bits per heavy atom. The Hall–Kier alpha value is -1.92. The second kappa shape index (κ2) is 6.29. The number of aliphatic imine (C=N–C) groups is 1. The second-order valence-electron chi connectivity index (χ2n) is 6.28. The van der Waals surface area contributed by atoms with Gasteiger partial charge in [0.25, 0.3) is 0 Å². The summed E-state index contributed by atoms with van der Waals surface area (Å²) < 4.78 is 1.03. The summed E-state index contributed by atoms with van der Waals surface area (Å²) in [5.41, 5.74) is 5.91. The normalized spacial score (nSPS) is 21.0. The first-order chi connectivity index (χ1) is 11.1. The van der Waals surface area contributed by atoms with Crippen LogP contribution in [0.5, 0.6) is 0 Å². The molecule has 0 amide bonds. The Bertz CT molecular complexity index is 755. The van der Waals surface area contributed by atoms with Crippen molar-refractivity contribution in [2.45, 2.75) is 32.1 Å². The fourth-order valence-electron chi connectivity index (χ4n) is 3.96. The SMILES string of the molecule is C=CC1=C(C=C)CCC2(CC1)Cc1ccc(Br)cc1C2=NC#N. The lowest BCUT2D eigenvalue weighted by molar-refractivity contribution is 0.376. The number of allylic oxidation sites excluding steroid dienone is 4. The van der Waals surface area contributed by atoms with Crippen molar-refractivity contribution in [3.8, 4) is 6.19 Å². The molecule has 0 radical (unpaired) electrons. The second-order valence-corrected chi connectivity index (χ2v) is 7.19. The van der Waals surface area contributed by atoms with Crippen molar-refractivity contribution in [2.24, 2.45) is 10.4 Å². The first kappa shape index (κ1) is 16.0. The third-order valence-corrected chi connectivity index (χ3v) is 5.66. The number of halogens is 1. The fraction of sp³-hybridized carbons (Fsp3) is 0.300. The Morgan fingerprint density at radius 2 is 1.83 bits per heavy atom. The van der Waals surface area contributed by atoms with Gasteiger partial charge in [-0.15, -0.1) is 0 Å². The minimum atomic E-state index is -0.0438. The molecule has 0 N–H and O–H groups in total. The third-order valence-electron chi connectivity index (χ3n) is 5.17. The molecule has 0 heterocycles. The van der Waals surface area contributed by atoms with Crippen LogP contribution in [0.25, 0.3) is 0 Å². The van der Waals surface area contributed by atoms with E-state index in [1.54, 1.807) is 0 Å². The lowest BCUT2D eigenvalue weighted by Gasteiger charge is -2.28. The van der Waals surface area contributed by atoms with E-state index in [4.69, 9.17) is 0 Å². The van der Waals surface area contributed by atoms with Crippen molar-refractivity contribution in [2.75, 3.05) is 0 Å². The highest BCUT2D eigenvalue weighted by Crippen LogP contribution is 2.48. The van der Waals surface area contributed by atoms with E-state index in [9.17, 15) is 5.26 Å². The highest BCUT2D eigenvalue weighted by atomic mass is 79.9. The zero-order valence-corrected chi connectivity index (χ0v) is 14.7. The van der Waals surface area contributed by atoms with E-state index in [2.05, 4.69) is 52.3 Å². The number of hydrogen-bond donors (Lipinski definition) is 0. The summed E-state index contributed by atoms with van der Waals surface area (Å²) in [6.45, 7) is 7.90. The van der Waals surface area contributed by atoms with E-state index in [-0.39, 0.29) is 5.41 Å². The maximum Gasteiger partial charge on any atom is 0.205 e. The lowest BCUT2D eigenvalue weighted by Crippen LogP contribution is -2.28. The molecule has 1 aromatic carbocycles. The van der Waals surface area contributed by atoms with Gasteiger partial charge in [0.2, 0.25) is 6.19 Å². The Kier molecular flexibility index (Phi) is 4.37. The molecule has 0 unspecified atom stereocenters. The lowest BCUT2D eigenvalue weighted by atomic mass is 9.75. The third kappa shape index (κ3) is 2.72. The van der Waals surface area contributed by atoms with Crippen LogP contribution >= 0.6 is 15.9 Å². The van der Waals surface area contributed by atoms with Crippen LogP contribution in [0.15, 0.2) is 64.1 Å². The van der Waals surface area contributed by atoms with E-state index in [1.807, 2.05) is 18.3 Å². The summed E-state index contributed by atoms with van der Waals surface area (Å²) in [6, 6.07) is 6.32. The molecule has 23 heavy (non-hydrogen) atoms. The molecule has 0 fully saturated rings. The largest absolute Gasteiger partial charge is 0.205 e. The van der Waals surface area contributed by atoms with Crippen LogP contribution in [-0.4, -0.2) is 5.71 Å². The molecule has 3 heteroatoms. The summed E-state index contributed by atoms with van der Waals surface area (Å²) in [4.78, 5) is 4.26. The van der Waals surface area contributed by atoms with Crippen LogP contribution in [0, 0.1) is 16.9 Å². The van der Waals surface area contributed by atoms with Crippen LogP contribution in [0.2, 0.25) is 0 Å². The number of hydrogen-bond acceptors (Lipinski definition) is 2. The average molecular weight is 367 g/mol. The minimum Gasteiger partial charge on any atom is -0.177 e. The Balaban J connectivity index is 2.04. The summed E-state index contributed by atoms with van der Waals surface area (Å²) in [6.07, 6.45) is 10.8. The fourth-order valence-corrected chi connectivity index (χ4v) is 4.32. The van der Waals surface area contributed by atoms with Gasteiger partial charge in [0.1, 0.15) is 0 Å². The number of nitriles is 1. The molecular formula is C20H19BrN2. The Labute approximate surface area is 146 Å². The summed E-state index contributed by atoms with van der Waals surface area (Å²) in [7, 11) is 0. The molecule has 116 valence electrons. The predicted octanol–water partition coefficient (Wildman–Crippen LogP) is 5.50. The standard InChI is InChI=1S/C20H19BrN2/c1-3-14-7-9-20(10-8-15(14)4-2)12-16-5-6-17(21)11-18(16)19(20)23-13-22/h3-6,11H,1-2,7-10,12H2. The van der Waals surface area contributed by atoms with Crippen LogP contribution in [0.4, 0.5) is 0 Å². The molecule has 3 rings (SSSR count). The molecule has 0 aliphatic heterocycles. The monoisotopic (exact) mass is 366 g/mol. The molecule has 1 aromatic rings. The van der Waals surface area contributed by atoms with Gasteiger partial charge in [-0.05, 0) is 60.9 Å². The maximum absolute atomic E-state index is 9.21. The predicted molar refractivity (Wildman–Crippen MR) is 98.3 cm³/mol. The van der Waals surface area contributed by atoms with Gasteiger partial charge in [-0.25, -0.2) is 0 Å². The van der Waals surface area contributed by atoms with Crippen LogP contribution in [0.1, 0.15) is 36.8 Å². The van der Waals surface area contributed by atoms with Gasteiger partial charge in [0.15, 0.2) is 0 Å². The molecule has 2 aliphatic carbocycles. The molecular weight excluding hydrogens is 348 g/mol. The van der Waals surface area contributed by atoms with Crippen molar-refractivity contribution < 1.29 is 0 Å². The van der Waals surface area contributed by atoms with Crippen molar-refractivity contribution in [3.05, 3.63) is 70.3 Å². The van der Waals surface area contributed by atoms with Crippen LogP contribution < -0.4 is 0 Å². The average Bonchev–Trinajstić information content (AvgIpc) is 2.73. The van der Waals surface area contributed by atoms with E-state index >= 15 is 0 Å². The Morgan fingerprint density at radius 1 is 1.17 bits per heavy atom. The van der Waals surface area contributed by atoms with E-state index in [0.29, 0.717) is 0 Å². The first-order valence-electron chi connectivity index (χ1n) is 7.86. The zero-order chi connectivity index (χ0) is 16.4. The molecule has 1 spiro atoms. The number of fused-ring (bicyclic) bond motifs is 1. The molecule has 0 bridgehead atoms. The minimum absolute atomic E-state index is 0.0438. The number of nitrogens with zero attached hydrogens (tertiary/aromatic N) is 2. The summed E-state index contributed by atoms with van der Waals surface area (Å²) in [5, 5.41) is 9.21. The number of rotatable bonds is 2. The molecule has 0 aromatic heterocycles. The van der Waals surface area contributed by atoms with E-state index < -0.39 is 0 Å². The molecule has 2 aliphatic rings. The summed E-state index contributed by atoms with van der Waals surface area (Å²) in [5.74, 6) is 0. The summed E-state index contributed by atoms with van der Waals surface area (Å²) >= 11 is 3.54. The highest BCUT2D eigenvalue weighted by molar-refractivity contribution is 9.10. The van der Waals surface area contributed by atoms with E-state index in [1.165, 1.54) is 16.7 Å². The van der Waals surface area contributed by atoms with Crippen molar-refractivity contribution in [3.63, 3.8) is 0 Å².